The first-order valence-corrected chi connectivity index (χ1v) is 48.9. The zero-order chi connectivity index (χ0) is 102. The molecule has 4 aromatic heterocycles. The number of hydrogen-bond donors (Lipinski definition) is 12. The lowest BCUT2D eigenvalue weighted by Gasteiger charge is -2.26. The van der Waals surface area contributed by atoms with Crippen LogP contribution in [-0.4, -0.2) is 191 Å². The standard InChI is InChI=1S/C83H59N15O25S5.3O3S/c1-97-58-25-23-53(67-69(58)65(49-15-6-8-17-51(49)75(67)103)71(77(97)105)73(101)41-11-4-3-5-12-41)86-44-19-29-62(127(116,117)118)43(33-44)35-64-91-79(93-82(92-64)89-55-37-47(125(110,111)112)21-27-60(55)122-39-99)84-31-32-85-80-94-81(96-83(95-80)90-56-38-48(126(113,114)115)22-28-61(56)123-40-100)87-45-20-30-63(128(119,120)121)57(36-45)88-54-24-26-59-70-66(50-16-7-9-18-52(50)76(104)68(54)70)72(78(106)98(59)2)74(102)42-13-10-14-46(34-42)124(107,108)109;3*1-4(2)3/h3-30,33-34,36-40,86,88H,31-32,35H2,1-2H3,(H,107,108,109)(H,110,111,112)(H,113,114,115)(H,116,117,118)(H,119,120,121)(H2,84,89,91,92,93)(H3,85,87,90,94,95,96);;;. The molecule has 0 amide bonds. The van der Waals surface area contributed by atoms with Crippen molar-refractivity contribution >= 4 is 210 Å². The minimum Gasteiger partial charge on any atom is -0.427 e. The van der Waals surface area contributed by atoms with E-state index in [9.17, 15) is 98.4 Å². The van der Waals surface area contributed by atoms with Crippen LogP contribution in [0.1, 0.15) is 75.1 Å². The fourth-order valence-electron chi connectivity index (χ4n) is 14.9. The van der Waals surface area contributed by atoms with Crippen molar-refractivity contribution in [1.29, 1.82) is 0 Å². The molecule has 0 aliphatic heterocycles. The number of carbonyl (C=O) groups excluding carboxylic acids is 6. The second-order valence-corrected chi connectivity index (χ2v) is 37.2. The van der Waals surface area contributed by atoms with Crippen molar-refractivity contribution in [3.05, 3.63) is 277 Å². The Morgan fingerprint density at radius 2 is 0.750 bits per heavy atom. The first-order valence-electron chi connectivity index (χ1n) is 38.7. The van der Waals surface area contributed by atoms with Crippen LogP contribution in [0, 0.1) is 0 Å². The van der Waals surface area contributed by atoms with E-state index in [4.69, 9.17) is 47.4 Å². The van der Waals surface area contributed by atoms with E-state index in [1.165, 1.54) is 85.4 Å². The van der Waals surface area contributed by atoms with Gasteiger partial charge in [-0.25, -0.2) is 0 Å². The van der Waals surface area contributed by atoms with Gasteiger partial charge in [-0.3, -0.25) is 61.1 Å². The Morgan fingerprint density at radius 1 is 0.364 bits per heavy atom. The fourth-order valence-corrected chi connectivity index (χ4v) is 17.7. The third kappa shape index (κ3) is 22.3. The molecule has 0 bridgehead atoms. The molecule has 14 aromatic rings. The summed E-state index contributed by atoms with van der Waals surface area (Å²) in [4.78, 5) is 135. The molecule has 16 rings (SSSR count). The molecule has 0 spiro atoms. The van der Waals surface area contributed by atoms with Crippen LogP contribution >= 0.6 is 0 Å². The Balaban J connectivity index is 0.00000130. The predicted octanol–water partition coefficient (Wildman–Crippen LogP) is 6.77. The molecule has 0 atom stereocenters. The molecule has 2 aliphatic rings. The fraction of sp³-hybridized carbons (Fsp3) is 0.0602. The molecule has 4 heterocycles. The highest BCUT2D eigenvalue weighted by Crippen LogP contribution is 2.48. The number of pyridine rings is 2. The third-order valence-electron chi connectivity index (χ3n) is 20.4. The average molecular weight is 2070 g/mol. The molecule has 10 aromatic carbocycles. The molecule has 49 nitrogen and oxygen atoms in total. The van der Waals surface area contributed by atoms with Gasteiger partial charge in [0.2, 0.25) is 29.7 Å². The molecule has 718 valence electrons. The molecule has 0 radical (unpaired) electrons. The normalized spacial score (nSPS) is 11.8. The number of hydrogen-bond acceptors (Lipinski definition) is 42. The van der Waals surface area contributed by atoms with Crippen LogP contribution in [0.4, 0.5) is 69.6 Å². The van der Waals surface area contributed by atoms with Gasteiger partial charge in [0.25, 0.3) is 74.7 Å². The molecular formula is C83H59N15O34S8. The van der Waals surface area contributed by atoms with Gasteiger partial charge in [0.05, 0.1) is 81.3 Å². The number of rotatable bonds is 30. The lowest BCUT2D eigenvalue weighted by atomic mass is 9.80. The van der Waals surface area contributed by atoms with Crippen LogP contribution in [0.15, 0.2) is 234 Å². The summed E-state index contributed by atoms with van der Waals surface area (Å²) in [7, 11) is -31.8. The molecule has 12 N–H and O–H groups in total. The number of nitrogens with one attached hydrogen (secondary N) is 7. The maximum Gasteiger partial charge on any atom is 0.425 e. The maximum absolute atomic E-state index is 15.0. The van der Waals surface area contributed by atoms with Crippen molar-refractivity contribution in [3.8, 4) is 33.8 Å². The highest BCUT2D eigenvalue weighted by atomic mass is 32.2. The average Bonchev–Trinajstić information content (AvgIpc) is 0.707. The Kier molecular flexibility index (Phi) is 29.3. The Bertz CT molecular complexity index is 8730. The smallest absolute Gasteiger partial charge is 0.425 e. The molecular weight excluding hydrogens is 2010 g/mol. The van der Waals surface area contributed by atoms with Gasteiger partial charge in [-0.15, -0.1) is 37.9 Å². The number of benzene rings is 10. The van der Waals surface area contributed by atoms with Crippen LogP contribution in [-0.2, 0) is 113 Å². The van der Waals surface area contributed by atoms with Gasteiger partial charge in [-0.1, -0.05) is 91.0 Å². The SMILES string of the molecule is Cn1c(=O)c(C(=O)c2ccccc2)c2c3c(c(Nc4ccc(S(=O)(=O)O)c(Cc5nc(NCCNc6nc(Nc7ccc(S(=O)(=O)O)c(Nc8ccc9c%10c8C(=O)c8ccccc8-c%10c(C(=O)c8cccc(S(=O)(=O)O)c8)c(=O)n9C)c7)nc(Nc7cc(S(=O)(=O)O)ccc7OC=O)n6)nc(Nc6cc(S(=O)(=O)O)ccc6OC=O)n5)c4)ccc31)C(=O)c1ccccc1-2.O=S(=O)=O.O=S(=O)=O.O=S(=O)=O. The van der Waals surface area contributed by atoms with Gasteiger partial charge in [-0.05, 0) is 126 Å². The predicted molar refractivity (Wildman–Crippen MR) is 489 cm³/mol. The molecule has 57 heteroatoms. The second kappa shape index (κ2) is 40.7. The van der Waals surface area contributed by atoms with Crippen molar-refractivity contribution < 1.29 is 141 Å². The minimum absolute atomic E-state index is 0.00826. The number of ether oxygens (including phenoxy) is 2. The van der Waals surface area contributed by atoms with Crippen molar-refractivity contribution in [2.75, 3.05) is 50.3 Å². The van der Waals surface area contributed by atoms with Crippen LogP contribution < -0.4 is 57.8 Å². The van der Waals surface area contributed by atoms with E-state index in [0.29, 0.717) is 5.56 Å². The largest absolute Gasteiger partial charge is 0.427 e. The van der Waals surface area contributed by atoms with Crippen LogP contribution in [0.5, 0.6) is 11.5 Å². The van der Waals surface area contributed by atoms with E-state index >= 15 is 4.79 Å². The number of aromatic nitrogens is 8. The van der Waals surface area contributed by atoms with E-state index in [2.05, 4.69) is 67.1 Å². The van der Waals surface area contributed by atoms with E-state index in [1.54, 1.807) is 54.6 Å². The second-order valence-electron chi connectivity index (χ2n) is 28.9. The number of aryl methyl sites for hydroxylation is 2. The van der Waals surface area contributed by atoms with Gasteiger partial charge in [0.1, 0.15) is 10.7 Å². The molecule has 140 heavy (non-hydrogen) atoms. The number of nitrogens with zero attached hydrogens (tertiary/aromatic N) is 8. The third-order valence-corrected chi connectivity index (χ3v) is 24.9. The number of ketones is 4. The maximum atomic E-state index is 15.0. The zero-order valence-corrected chi connectivity index (χ0v) is 76.8. The Morgan fingerprint density at radius 3 is 1.21 bits per heavy atom. The van der Waals surface area contributed by atoms with Crippen molar-refractivity contribution in [2.45, 2.75) is 30.9 Å². The molecule has 0 unspecified atom stereocenters. The van der Waals surface area contributed by atoms with E-state index in [1.807, 2.05) is 0 Å². The summed E-state index contributed by atoms with van der Waals surface area (Å²) in [6, 6.07) is 42.6. The Hall–Kier alpha value is -16.7. The first kappa shape index (κ1) is 101. The van der Waals surface area contributed by atoms with Gasteiger partial charge >= 0.3 is 31.8 Å². The van der Waals surface area contributed by atoms with Crippen LogP contribution in [0.2, 0.25) is 0 Å². The van der Waals surface area contributed by atoms with Crippen LogP contribution in [0.3, 0.4) is 0 Å². The molecule has 2 aliphatic carbocycles. The topological polar surface area (TPSA) is 752 Å². The highest BCUT2D eigenvalue weighted by Gasteiger charge is 2.38. The Labute approximate surface area is 790 Å². The summed E-state index contributed by atoms with van der Waals surface area (Å²) in [5.41, 5.74) is -3.21. The van der Waals surface area contributed by atoms with Crippen LogP contribution in [0.25, 0.3) is 44.1 Å². The van der Waals surface area contributed by atoms with Gasteiger partial charge < -0.3 is 55.8 Å². The van der Waals surface area contributed by atoms with Crippen molar-refractivity contribution in [3.63, 3.8) is 0 Å². The summed E-state index contributed by atoms with van der Waals surface area (Å²) in [5, 5.41) is 20.4. The lowest BCUT2D eigenvalue weighted by molar-refractivity contribution is -0.121. The zero-order valence-electron chi connectivity index (χ0n) is 70.2. The van der Waals surface area contributed by atoms with E-state index in [0.717, 1.165) is 83.4 Å². The van der Waals surface area contributed by atoms with E-state index in [-0.39, 0.29) is 172 Å². The first-order chi connectivity index (χ1) is 66.0. The summed E-state index contributed by atoms with van der Waals surface area (Å²) in [5.74, 6) is -6.11. The van der Waals surface area contributed by atoms with Gasteiger partial charge in [0.15, 0.2) is 34.6 Å². The summed E-state index contributed by atoms with van der Waals surface area (Å²) < 4.78 is 268. The quantitative estimate of drug-likeness (QED) is 0.00956. The summed E-state index contributed by atoms with van der Waals surface area (Å²) in [6.45, 7) is -0.617. The van der Waals surface area contributed by atoms with Crippen molar-refractivity contribution in [2.24, 2.45) is 14.1 Å². The number of carbonyl (C=O) groups is 6. The number of anilines is 12. The summed E-state index contributed by atoms with van der Waals surface area (Å²) in [6.07, 6.45) is -0.637. The summed E-state index contributed by atoms with van der Waals surface area (Å²) >= 11 is 0. The van der Waals surface area contributed by atoms with Gasteiger partial charge in [-0.2, -0.15) is 72.0 Å². The van der Waals surface area contributed by atoms with Gasteiger partial charge in [0, 0.05) is 89.1 Å². The van der Waals surface area contributed by atoms with E-state index < -0.39 is 177 Å². The molecule has 0 saturated carbocycles. The molecule has 0 saturated heterocycles. The van der Waals surface area contributed by atoms with Crippen molar-refractivity contribution in [1.82, 2.24) is 39.0 Å². The lowest BCUT2D eigenvalue weighted by Crippen LogP contribution is -2.29. The molecule has 0 fully saturated rings. The minimum atomic E-state index is -5.24. The number of fused-ring (bicyclic) bond motifs is 4. The highest BCUT2D eigenvalue weighted by molar-refractivity contribution is 7.87. The monoisotopic (exact) mass is 2070 g/mol.